The maximum Gasteiger partial charge on any atom is 0.303 e. The van der Waals surface area contributed by atoms with E-state index >= 15 is 0 Å². The summed E-state index contributed by atoms with van der Waals surface area (Å²) in [4.78, 5) is 32.3. The molecule has 0 aliphatic heterocycles. The van der Waals surface area contributed by atoms with Crippen molar-refractivity contribution >= 4 is 27.5 Å². The summed E-state index contributed by atoms with van der Waals surface area (Å²) < 4.78 is 0. The number of unbranched alkanes of at least 4 members (excludes halogenated alkanes) is 1. The van der Waals surface area contributed by atoms with E-state index < -0.39 is 5.97 Å². The van der Waals surface area contributed by atoms with Gasteiger partial charge in [-0.1, -0.05) is 0 Å². The van der Waals surface area contributed by atoms with Crippen molar-refractivity contribution in [1.29, 1.82) is 0 Å². The standard InChI is InChI=1S/C15H18N2O3S/c1-8-12(9-6-7-9)13-14(20)16-10(17-15(13)21-8)4-2-3-5-11(18)19/h9H,2-7H2,1H3,(H,18,19)(H,16,17,20). The molecule has 1 aliphatic rings. The Balaban J connectivity index is 1.83. The van der Waals surface area contributed by atoms with Gasteiger partial charge in [-0.25, -0.2) is 4.98 Å². The lowest BCUT2D eigenvalue weighted by atomic mass is 10.1. The van der Waals surface area contributed by atoms with Crippen LogP contribution in [0.3, 0.4) is 0 Å². The Labute approximate surface area is 126 Å². The Kier molecular flexibility index (Phi) is 3.80. The number of hydrogen-bond donors (Lipinski definition) is 2. The average molecular weight is 306 g/mol. The Bertz CT molecular complexity index is 743. The maximum atomic E-state index is 12.3. The summed E-state index contributed by atoms with van der Waals surface area (Å²) in [5.41, 5.74) is 1.15. The fourth-order valence-electron chi connectivity index (χ4n) is 2.74. The lowest BCUT2D eigenvalue weighted by Gasteiger charge is -2.01. The van der Waals surface area contributed by atoms with E-state index in [-0.39, 0.29) is 12.0 Å². The van der Waals surface area contributed by atoms with E-state index in [1.807, 2.05) is 0 Å². The van der Waals surface area contributed by atoms with Crippen LogP contribution in [0.15, 0.2) is 4.79 Å². The molecule has 1 saturated carbocycles. The number of rotatable bonds is 6. The first-order valence-electron chi connectivity index (χ1n) is 7.30. The molecule has 0 aromatic carbocycles. The van der Waals surface area contributed by atoms with Crippen molar-refractivity contribution in [2.24, 2.45) is 0 Å². The van der Waals surface area contributed by atoms with Crippen LogP contribution >= 0.6 is 11.3 Å². The molecule has 112 valence electrons. The third-order valence-electron chi connectivity index (χ3n) is 3.87. The Morgan fingerprint density at radius 2 is 2.19 bits per heavy atom. The summed E-state index contributed by atoms with van der Waals surface area (Å²) in [6, 6.07) is 0. The van der Waals surface area contributed by atoms with Crippen LogP contribution in [0.2, 0.25) is 0 Å². The molecule has 0 spiro atoms. The quantitative estimate of drug-likeness (QED) is 0.804. The molecular weight excluding hydrogens is 288 g/mol. The van der Waals surface area contributed by atoms with Crippen LogP contribution in [-0.2, 0) is 11.2 Å². The van der Waals surface area contributed by atoms with Gasteiger partial charge >= 0.3 is 5.97 Å². The van der Waals surface area contributed by atoms with E-state index in [1.165, 1.54) is 23.3 Å². The van der Waals surface area contributed by atoms with Crippen LogP contribution in [0.1, 0.15) is 54.3 Å². The SMILES string of the molecule is Cc1sc2nc(CCCCC(=O)O)[nH]c(=O)c2c1C1CC1. The molecule has 2 heterocycles. The number of thiophene rings is 1. The smallest absolute Gasteiger partial charge is 0.303 e. The number of aryl methyl sites for hydroxylation is 2. The first-order chi connectivity index (χ1) is 10.1. The van der Waals surface area contributed by atoms with E-state index in [1.54, 1.807) is 11.3 Å². The first-order valence-corrected chi connectivity index (χ1v) is 8.12. The lowest BCUT2D eigenvalue weighted by molar-refractivity contribution is -0.137. The molecule has 0 atom stereocenters. The minimum atomic E-state index is -0.783. The van der Waals surface area contributed by atoms with E-state index in [0.717, 1.165) is 16.6 Å². The molecule has 0 amide bonds. The molecule has 6 heteroatoms. The van der Waals surface area contributed by atoms with Crippen LogP contribution in [0.25, 0.3) is 10.2 Å². The van der Waals surface area contributed by atoms with Gasteiger partial charge in [-0.15, -0.1) is 11.3 Å². The molecular formula is C15H18N2O3S. The Morgan fingerprint density at radius 1 is 1.43 bits per heavy atom. The molecule has 21 heavy (non-hydrogen) atoms. The lowest BCUT2D eigenvalue weighted by Crippen LogP contribution is -2.12. The van der Waals surface area contributed by atoms with Gasteiger partial charge in [0, 0.05) is 17.7 Å². The minimum Gasteiger partial charge on any atom is -0.481 e. The van der Waals surface area contributed by atoms with Crippen molar-refractivity contribution < 1.29 is 9.90 Å². The molecule has 0 radical (unpaired) electrons. The number of aromatic nitrogens is 2. The van der Waals surface area contributed by atoms with Gasteiger partial charge in [-0.3, -0.25) is 9.59 Å². The zero-order valence-electron chi connectivity index (χ0n) is 11.9. The fraction of sp³-hybridized carbons (Fsp3) is 0.533. The van der Waals surface area contributed by atoms with Gasteiger partial charge in [-0.2, -0.15) is 0 Å². The molecule has 0 unspecified atom stereocenters. The zero-order chi connectivity index (χ0) is 15.0. The number of fused-ring (bicyclic) bond motifs is 1. The molecule has 0 bridgehead atoms. The Hall–Kier alpha value is -1.69. The van der Waals surface area contributed by atoms with Crippen LogP contribution in [0.5, 0.6) is 0 Å². The monoisotopic (exact) mass is 306 g/mol. The number of nitrogens with zero attached hydrogens (tertiary/aromatic N) is 1. The number of H-pyrrole nitrogens is 1. The van der Waals surface area contributed by atoms with Crippen LogP contribution in [0, 0.1) is 6.92 Å². The van der Waals surface area contributed by atoms with Crippen molar-refractivity contribution in [2.75, 3.05) is 0 Å². The van der Waals surface area contributed by atoms with Gasteiger partial charge in [0.15, 0.2) is 0 Å². The maximum absolute atomic E-state index is 12.3. The number of carboxylic acid groups (broad SMARTS) is 1. The number of carbonyl (C=O) groups is 1. The van der Waals surface area contributed by atoms with Crippen LogP contribution in [0.4, 0.5) is 0 Å². The highest BCUT2D eigenvalue weighted by molar-refractivity contribution is 7.18. The topological polar surface area (TPSA) is 83.0 Å². The number of aliphatic carboxylic acids is 1. The Morgan fingerprint density at radius 3 is 2.86 bits per heavy atom. The normalized spacial score (nSPS) is 14.7. The van der Waals surface area contributed by atoms with Gasteiger partial charge in [-0.05, 0) is 44.1 Å². The third-order valence-corrected chi connectivity index (χ3v) is 4.89. The molecule has 2 aromatic heterocycles. The van der Waals surface area contributed by atoms with Crippen LogP contribution in [-0.4, -0.2) is 21.0 Å². The molecule has 3 rings (SSSR count). The van der Waals surface area contributed by atoms with Crippen molar-refractivity contribution in [1.82, 2.24) is 9.97 Å². The van der Waals surface area contributed by atoms with Crippen molar-refractivity contribution in [3.8, 4) is 0 Å². The number of nitrogens with one attached hydrogen (secondary N) is 1. The second kappa shape index (κ2) is 5.60. The predicted octanol–water partition coefficient (Wildman–Crippen LogP) is 2.97. The second-order valence-electron chi connectivity index (χ2n) is 5.64. The minimum absolute atomic E-state index is 0.0421. The van der Waals surface area contributed by atoms with E-state index in [0.29, 0.717) is 24.6 Å². The van der Waals surface area contributed by atoms with Gasteiger partial charge in [0.1, 0.15) is 10.7 Å². The van der Waals surface area contributed by atoms with Crippen molar-refractivity contribution in [2.45, 2.75) is 51.4 Å². The third kappa shape index (κ3) is 3.00. The summed E-state index contributed by atoms with van der Waals surface area (Å²) in [7, 11) is 0. The summed E-state index contributed by atoms with van der Waals surface area (Å²) in [5, 5.41) is 9.39. The fourth-order valence-corrected chi connectivity index (χ4v) is 3.86. The van der Waals surface area contributed by atoms with Crippen LogP contribution < -0.4 is 5.56 Å². The van der Waals surface area contributed by atoms with E-state index in [4.69, 9.17) is 5.11 Å². The van der Waals surface area contributed by atoms with Gasteiger partial charge in [0.2, 0.25) is 0 Å². The number of carboxylic acids is 1. The summed E-state index contributed by atoms with van der Waals surface area (Å²) in [6.45, 7) is 2.06. The summed E-state index contributed by atoms with van der Waals surface area (Å²) in [6.07, 6.45) is 4.45. The van der Waals surface area contributed by atoms with Gasteiger partial charge in [0.25, 0.3) is 5.56 Å². The van der Waals surface area contributed by atoms with E-state index in [9.17, 15) is 9.59 Å². The average Bonchev–Trinajstić information content (AvgIpc) is 3.18. The molecule has 2 N–H and O–H groups in total. The highest BCUT2D eigenvalue weighted by atomic mass is 32.1. The van der Waals surface area contributed by atoms with Crippen molar-refractivity contribution in [3.05, 3.63) is 26.6 Å². The van der Waals surface area contributed by atoms with Crippen molar-refractivity contribution in [3.63, 3.8) is 0 Å². The van der Waals surface area contributed by atoms with Gasteiger partial charge in [0.05, 0.1) is 5.39 Å². The second-order valence-corrected chi connectivity index (χ2v) is 6.84. The largest absolute Gasteiger partial charge is 0.481 e. The molecule has 5 nitrogen and oxygen atoms in total. The highest BCUT2D eigenvalue weighted by Gasteiger charge is 2.30. The highest BCUT2D eigenvalue weighted by Crippen LogP contribution is 2.46. The molecule has 1 fully saturated rings. The van der Waals surface area contributed by atoms with Gasteiger partial charge < -0.3 is 10.1 Å². The molecule has 2 aromatic rings. The molecule has 0 saturated heterocycles. The predicted molar refractivity (Wildman–Crippen MR) is 82.1 cm³/mol. The van der Waals surface area contributed by atoms with E-state index in [2.05, 4.69) is 16.9 Å². The first kappa shape index (κ1) is 14.3. The summed E-state index contributed by atoms with van der Waals surface area (Å²) in [5.74, 6) is 0.430. The number of hydrogen-bond acceptors (Lipinski definition) is 4. The zero-order valence-corrected chi connectivity index (χ0v) is 12.8. The molecule has 1 aliphatic carbocycles. The summed E-state index contributed by atoms with van der Waals surface area (Å²) >= 11 is 1.59. The number of aromatic amines is 1.